The Labute approximate surface area is 91.5 Å². The van der Waals surface area contributed by atoms with Gasteiger partial charge < -0.3 is 0 Å². The van der Waals surface area contributed by atoms with E-state index in [9.17, 15) is 0 Å². The molecule has 2 aromatic rings. The van der Waals surface area contributed by atoms with E-state index in [2.05, 4.69) is 43.7 Å². The van der Waals surface area contributed by atoms with Gasteiger partial charge in [0, 0.05) is 0 Å². The van der Waals surface area contributed by atoms with Crippen molar-refractivity contribution in [2.45, 2.75) is 0 Å². The monoisotopic (exact) mass is 403 g/mol. The molecule has 2 aromatic heterocycles. The van der Waals surface area contributed by atoms with Crippen molar-refractivity contribution < 1.29 is 0 Å². The van der Waals surface area contributed by atoms with Crippen LogP contribution in [0, 0.1) is 3.70 Å². The molecule has 0 aliphatic heterocycles. The van der Waals surface area contributed by atoms with E-state index in [1.807, 2.05) is 0 Å². The van der Waals surface area contributed by atoms with Crippen LogP contribution in [0.5, 0.6) is 0 Å². The number of nitrogens with two attached hydrogens (primary N) is 1. The molecule has 0 radical (unpaired) electrons. The van der Waals surface area contributed by atoms with E-state index < -0.39 is 15.8 Å². The maximum atomic E-state index is 5.75. The summed E-state index contributed by atoms with van der Waals surface area (Å²) in [6.45, 7) is 0. The summed E-state index contributed by atoms with van der Waals surface area (Å²) in [6.07, 6.45) is 1.43. The van der Waals surface area contributed by atoms with Crippen molar-refractivity contribution in [2.24, 2.45) is 0 Å². The Morgan fingerprint density at radius 1 is 1.54 bits per heavy atom. The van der Waals surface area contributed by atoms with E-state index >= 15 is 0 Å². The minimum atomic E-state index is -1.13. The summed E-state index contributed by atoms with van der Waals surface area (Å²) >= 11 is 1.31. The van der Waals surface area contributed by atoms with Gasteiger partial charge in [0.2, 0.25) is 0 Å². The normalized spacial score (nSPS) is 12.0. The molecule has 0 atom stereocenters. The molecule has 2 rings (SSSR count). The van der Waals surface area contributed by atoms with Crippen molar-refractivity contribution in [3.05, 3.63) is 10.0 Å². The van der Waals surface area contributed by atoms with Gasteiger partial charge in [-0.1, -0.05) is 0 Å². The fraction of sp³-hybridized carbons (Fsp3) is 0.167. The van der Waals surface area contributed by atoms with Crippen LogP contribution in [0.25, 0.3) is 11.0 Å². The second-order valence-electron chi connectivity index (χ2n) is 2.40. The number of nitrogen functional groups attached to an aromatic ring is 1. The van der Waals surface area contributed by atoms with Gasteiger partial charge in [0.1, 0.15) is 0 Å². The molecule has 0 fully saturated rings. The third kappa shape index (κ3) is 1.58. The van der Waals surface area contributed by atoms with Gasteiger partial charge in [0.25, 0.3) is 0 Å². The summed E-state index contributed by atoms with van der Waals surface area (Å²) in [5.74, 6) is 0.523. The number of aromatic amines is 1. The Kier molecular flexibility index (Phi) is 2.53. The first-order valence-corrected chi connectivity index (χ1v) is 12.9. The maximum absolute atomic E-state index is 5.75. The molecule has 0 amide bonds. The summed E-state index contributed by atoms with van der Waals surface area (Å²) in [5, 5.41) is 7.97. The third-order valence-electron chi connectivity index (χ3n) is 1.60. The van der Waals surface area contributed by atoms with Crippen molar-refractivity contribution >= 4 is 51.3 Å². The molecular weight excluding hydrogens is 396 g/mol. The molecule has 0 unspecified atom stereocenters. The molecule has 0 aliphatic carbocycles. The van der Waals surface area contributed by atoms with Gasteiger partial charge in [0.15, 0.2) is 0 Å². The molecule has 13 heavy (non-hydrogen) atoms. The fourth-order valence-electron chi connectivity index (χ4n) is 1.03. The Bertz CT molecular complexity index is 438. The first-order valence-electron chi connectivity index (χ1n) is 3.41. The van der Waals surface area contributed by atoms with Crippen molar-refractivity contribution in [2.75, 3.05) is 10.7 Å². The van der Waals surface area contributed by atoms with Crippen molar-refractivity contribution in [1.29, 1.82) is 0 Å². The van der Waals surface area contributed by atoms with Crippen LogP contribution in [0.1, 0.15) is 0 Å². The van der Waals surface area contributed by atoms with Crippen LogP contribution < -0.4 is 5.73 Å². The standard InChI is InChI=1S/C6H7I2N5/c1-8(7)4-3-5(9)10-2-11-6(3)13-12-4/h2H,1H3,(H3,9,10,11,12,13). The Balaban J connectivity index is 2.79. The van der Waals surface area contributed by atoms with Crippen LogP contribution in [-0.2, 0) is 0 Å². The molecule has 0 bridgehead atoms. The first kappa shape index (κ1) is 9.37. The topological polar surface area (TPSA) is 80.5 Å². The van der Waals surface area contributed by atoms with Crippen LogP contribution in [0.3, 0.4) is 0 Å². The summed E-state index contributed by atoms with van der Waals surface area (Å²) in [4.78, 5) is 10.2. The molecule has 70 valence electrons. The number of nitrogens with one attached hydrogen (secondary N) is 1. The quantitative estimate of drug-likeness (QED) is 0.560. The van der Waals surface area contributed by atoms with Gasteiger partial charge in [-0.15, -0.1) is 0 Å². The number of H-pyrrole nitrogens is 1. The molecule has 0 saturated carbocycles. The van der Waals surface area contributed by atoms with E-state index in [0.717, 1.165) is 9.09 Å². The van der Waals surface area contributed by atoms with Gasteiger partial charge in [-0.2, -0.15) is 0 Å². The van der Waals surface area contributed by atoms with E-state index in [1.165, 1.54) is 6.33 Å². The van der Waals surface area contributed by atoms with Crippen molar-refractivity contribution in [1.82, 2.24) is 20.2 Å². The third-order valence-corrected chi connectivity index (χ3v) is 6.60. The van der Waals surface area contributed by atoms with Gasteiger partial charge in [-0.3, -0.25) is 0 Å². The van der Waals surface area contributed by atoms with Crippen LogP contribution in [0.2, 0.25) is 0 Å². The Morgan fingerprint density at radius 3 is 3.00 bits per heavy atom. The molecular formula is C6H7I2N5. The predicted molar refractivity (Wildman–Crippen MR) is 68.8 cm³/mol. The molecule has 0 spiro atoms. The molecule has 0 saturated heterocycles. The first-order chi connectivity index (χ1) is 6.20. The molecule has 5 nitrogen and oxygen atoms in total. The Morgan fingerprint density at radius 2 is 2.31 bits per heavy atom. The number of rotatable bonds is 1. The van der Waals surface area contributed by atoms with Gasteiger partial charge in [0.05, 0.1) is 0 Å². The number of alkyl halides is 1. The fourth-order valence-corrected chi connectivity index (χ4v) is 4.72. The molecule has 3 N–H and O–H groups in total. The summed E-state index contributed by atoms with van der Waals surface area (Å²) in [6, 6.07) is 0. The number of hydrogen-bond donors (Lipinski definition) is 2. The van der Waals surface area contributed by atoms with Crippen LogP contribution in [0.15, 0.2) is 6.33 Å². The number of hydrogen-bond acceptors (Lipinski definition) is 4. The summed E-state index contributed by atoms with van der Waals surface area (Å²) in [7, 11) is 0. The minimum absolute atomic E-state index is 0.523. The van der Waals surface area contributed by atoms with Gasteiger partial charge in [-0.25, -0.2) is 0 Å². The average molecular weight is 403 g/mol. The zero-order chi connectivity index (χ0) is 9.42. The van der Waals surface area contributed by atoms with E-state index in [0.29, 0.717) is 11.5 Å². The number of nitrogens with zero attached hydrogens (tertiary/aromatic N) is 3. The van der Waals surface area contributed by atoms with E-state index in [-0.39, 0.29) is 0 Å². The second-order valence-corrected chi connectivity index (χ2v) is 14.0. The SMILES string of the molecule is CI(I)c1[nH]nc2ncnc(N)c12. The number of halogens is 2. The number of aromatic nitrogens is 4. The Hall–Kier alpha value is -0.190. The second kappa shape index (κ2) is 3.52. The summed E-state index contributed by atoms with van der Waals surface area (Å²) < 4.78 is 1.14. The van der Waals surface area contributed by atoms with Crippen LogP contribution >= 0.6 is 34.5 Å². The van der Waals surface area contributed by atoms with Gasteiger partial charge in [-0.05, 0) is 0 Å². The molecule has 0 aliphatic rings. The van der Waals surface area contributed by atoms with E-state index in [1.54, 1.807) is 0 Å². The van der Waals surface area contributed by atoms with E-state index in [4.69, 9.17) is 5.73 Å². The van der Waals surface area contributed by atoms with Crippen LogP contribution in [0.4, 0.5) is 5.82 Å². The molecule has 7 heteroatoms. The molecule has 2 heterocycles. The summed E-state index contributed by atoms with van der Waals surface area (Å²) in [5.41, 5.74) is 6.42. The number of anilines is 1. The zero-order valence-corrected chi connectivity index (χ0v) is 11.1. The zero-order valence-electron chi connectivity index (χ0n) is 6.75. The van der Waals surface area contributed by atoms with Crippen LogP contribution in [-0.4, -0.2) is 25.1 Å². The van der Waals surface area contributed by atoms with Crippen molar-refractivity contribution in [3.8, 4) is 0 Å². The number of fused-ring (bicyclic) bond motifs is 1. The van der Waals surface area contributed by atoms with Crippen molar-refractivity contribution in [3.63, 3.8) is 0 Å². The predicted octanol–water partition coefficient (Wildman–Crippen LogP) is 1.59. The average Bonchev–Trinajstić information content (AvgIpc) is 2.49. The molecule has 0 aromatic carbocycles. The van der Waals surface area contributed by atoms with Gasteiger partial charge >= 0.3 is 92.2 Å².